The number of alkyl carbamates (subject to hydrolysis) is 1. The molecule has 0 saturated heterocycles. The zero-order chi connectivity index (χ0) is 22.9. The maximum atomic E-state index is 14.8. The number of nitrogen functional groups attached to an aromatic ring is 1. The number of hydrogen-bond acceptors (Lipinski definition) is 5. The van der Waals surface area contributed by atoms with Gasteiger partial charge >= 0.3 is 6.09 Å². The average Bonchev–Trinajstić information content (AvgIpc) is 3.16. The van der Waals surface area contributed by atoms with Crippen LogP contribution in [0.25, 0.3) is 33.7 Å². The van der Waals surface area contributed by atoms with Gasteiger partial charge in [0.25, 0.3) is 0 Å². The number of benzene rings is 2. The van der Waals surface area contributed by atoms with Crippen LogP contribution in [0.15, 0.2) is 54.7 Å². The quantitative estimate of drug-likeness (QED) is 0.297. The van der Waals surface area contributed by atoms with Gasteiger partial charge in [-0.1, -0.05) is 33.5 Å². The Bertz CT molecular complexity index is 1300. The second kappa shape index (κ2) is 8.55. The highest BCUT2D eigenvalue weighted by molar-refractivity contribution is 7.18. The Balaban J connectivity index is 1.61. The van der Waals surface area contributed by atoms with E-state index < -0.39 is 17.3 Å². The van der Waals surface area contributed by atoms with Crippen LogP contribution in [-0.2, 0) is 11.3 Å². The van der Waals surface area contributed by atoms with Crippen LogP contribution in [-0.4, -0.2) is 26.4 Å². The summed E-state index contributed by atoms with van der Waals surface area (Å²) in [6.45, 7) is 3.48. The van der Waals surface area contributed by atoms with E-state index in [-0.39, 0.29) is 6.54 Å². The molecule has 0 saturated carbocycles. The van der Waals surface area contributed by atoms with E-state index in [1.807, 2.05) is 18.2 Å². The first kappa shape index (κ1) is 21.7. The zero-order valence-electron chi connectivity index (χ0n) is 17.6. The lowest BCUT2D eigenvalue weighted by molar-refractivity contribution is 0.0965. The van der Waals surface area contributed by atoms with Crippen molar-refractivity contribution in [3.8, 4) is 22.5 Å². The maximum Gasteiger partial charge on any atom is 0.408 e. The number of halogens is 1. The lowest BCUT2D eigenvalue weighted by Crippen LogP contribution is -2.30. The summed E-state index contributed by atoms with van der Waals surface area (Å²) in [5.74, 6) is 0.153. The van der Waals surface area contributed by atoms with Gasteiger partial charge in [0, 0.05) is 35.1 Å². The lowest BCUT2D eigenvalue weighted by atomic mass is 10.0. The van der Waals surface area contributed by atoms with E-state index in [2.05, 4.69) is 29.5 Å². The first-order chi connectivity index (χ1) is 15.2. The minimum absolute atomic E-state index is 0.0128. The summed E-state index contributed by atoms with van der Waals surface area (Å²) in [7, 11) is 2.41. The third-order valence-electron chi connectivity index (χ3n) is 4.75. The van der Waals surface area contributed by atoms with Crippen molar-refractivity contribution >= 4 is 32.2 Å². The summed E-state index contributed by atoms with van der Waals surface area (Å²) < 4.78 is 19.9. The van der Waals surface area contributed by atoms with E-state index >= 15 is 0 Å². The summed E-state index contributed by atoms with van der Waals surface area (Å²) in [5, 5.41) is 1.86. The molecule has 32 heavy (non-hydrogen) atoms. The summed E-state index contributed by atoms with van der Waals surface area (Å²) in [6.07, 6.45) is 1.01. The molecule has 9 heteroatoms. The summed E-state index contributed by atoms with van der Waals surface area (Å²) in [5.41, 5.74) is 10.4. The van der Waals surface area contributed by atoms with Gasteiger partial charge in [-0.25, -0.2) is 19.2 Å². The molecule has 1 unspecified atom stereocenters. The van der Waals surface area contributed by atoms with Gasteiger partial charge in [0.1, 0.15) is 17.0 Å². The van der Waals surface area contributed by atoms with E-state index in [0.29, 0.717) is 33.8 Å². The smallest absolute Gasteiger partial charge is 0.408 e. The molecule has 0 spiro atoms. The first-order valence-electron chi connectivity index (χ1n) is 9.95. The molecule has 4 rings (SSSR count). The molecule has 4 N–H and O–H groups in total. The SMILES string of the molecule is CC(C)(P)OC(=O)NCc1ccc(-c2ccnc3nc(-c4ccccc4N)[nH]c23)cc1F. The van der Waals surface area contributed by atoms with Gasteiger partial charge in [0.05, 0.1) is 5.52 Å². The molecule has 0 aliphatic heterocycles. The van der Waals surface area contributed by atoms with Gasteiger partial charge in [-0.15, -0.1) is 0 Å². The molecule has 0 radical (unpaired) electrons. The third-order valence-corrected chi connectivity index (χ3v) is 4.87. The van der Waals surface area contributed by atoms with Crippen molar-refractivity contribution < 1.29 is 13.9 Å². The molecule has 7 nitrogen and oxygen atoms in total. The van der Waals surface area contributed by atoms with Crippen LogP contribution < -0.4 is 11.1 Å². The molecule has 164 valence electrons. The van der Waals surface area contributed by atoms with Crippen molar-refractivity contribution in [2.45, 2.75) is 25.7 Å². The van der Waals surface area contributed by atoms with E-state index in [9.17, 15) is 9.18 Å². The lowest BCUT2D eigenvalue weighted by Gasteiger charge is -2.19. The van der Waals surface area contributed by atoms with Crippen molar-refractivity contribution in [2.75, 3.05) is 5.73 Å². The monoisotopic (exact) mass is 451 g/mol. The number of nitrogens with two attached hydrogens (primary N) is 1. The third kappa shape index (κ3) is 4.70. The number of ether oxygens (including phenoxy) is 1. The molecule has 2 aromatic heterocycles. The van der Waals surface area contributed by atoms with Crippen LogP contribution in [0, 0.1) is 5.82 Å². The number of nitrogens with zero attached hydrogens (tertiary/aromatic N) is 2. The van der Waals surface area contributed by atoms with Gasteiger partial charge in [-0.05, 0) is 43.7 Å². The summed E-state index contributed by atoms with van der Waals surface area (Å²) in [4.78, 5) is 24.0. The van der Waals surface area contributed by atoms with Crippen LogP contribution in [0.5, 0.6) is 0 Å². The topological polar surface area (TPSA) is 106 Å². The number of hydrogen-bond donors (Lipinski definition) is 3. The Labute approximate surface area is 186 Å². The van der Waals surface area contributed by atoms with E-state index in [1.54, 1.807) is 44.3 Å². The van der Waals surface area contributed by atoms with E-state index in [4.69, 9.17) is 10.5 Å². The molecule has 2 heterocycles. The van der Waals surface area contributed by atoms with Crippen molar-refractivity contribution in [2.24, 2.45) is 0 Å². The van der Waals surface area contributed by atoms with Crippen LogP contribution >= 0.6 is 9.24 Å². The number of anilines is 1. The average molecular weight is 451 g/mol. The van der Waals surface area contributed by atoms with E-state index in [0.717, 1.165) is 11.1 Å². The van der Waals surface area contributed by atoms with Crippen molar-refractivity contribution in [3.05, 3.63) is 66.1 Å². The van der Waals surface area contributed by atoms with Gasteiger partial charge in [-0.3, -0.25) is 0 Å². The number of carbonyl (C=O) groups excluding carboxylic acids is 1. The number of carbonyl (C=O) groups is 1. The number of imidazole rings is 1. The highest BCUT2D eigenvalue weighted by Crippen LogP contribution is 2.31. The number of pyridine rings is 1. The van der Waals surface area contributed by atoms with Crippen molar-refractivity contribution in [1.29, 1.82) is 0 Å². The minimum Gasteiger partial charge on any atom is -0.440 e. The number of para-hydroxylation sites is 1. The highest BCUT2D eigenvalue weighted by atomic mass is 31.0. The molecular formula is C23H23FN5O2P. The fourth-order valence-electron chi connectivity index (χ4n) is 3.29. The Morgan fingerprint density at radius 2 is 2.00 bits per heavy atom. The van der Waals surface area contributed by atoms with Gasteiger partial charge < -0.3 is 20.8 Å². The molecule has 4 aromatic rings. The number of aromatic nitrogens is 3. The highest BCUT2D eigenvalue weighted by Gasteiger charge is 2.17. The predicted molar refractivity (Wildman–Crippen MR) is 126 cm³/mol. The standard InChI is InChI=1S/C23H23FN5O2P/c1-23(2,32)31-22(30)27-12-14-8-7-13(11-17(14)24)15-9-10-26-21-19(15)28-20(29-21)16-5-3-4-6-18(16)25/h3-11H,12,25,32H2,1-2H3,(H,27,30)(H,26,28,29). The number of nitrogens with one attached hydrogen (secondary N) is 2. The normalized spacial score (nSPS) is 11.5. The van der Waals surface area contributed by atoms with Crippen LogP contribution in [0.4, 0.5) is 14.9 Å². The second-order valence-corrected chi connectivity index (χ2v) is 9.27. The van der Waals surface area contributed by atoms with Crippen LogP contribution in [0.2, 0.25) is 0 Å². The Kier molecular flexibility index (Phi) is 5.80. The molecule has 0 aliphatic rings. The van der Waals surface area contributed by atoms with Crippen molar-refractivity contribution in [3.63, 3.8) is 0 Å². The summed E-state index contributed by atoms with van der Waals surface area (Å²) >= 11 is 0. The Hall–Kier alpha value is -3.51. The van der Waals surface area contributed by atoms with Crippen molar-refractivity contribution in [1.82, 2.24) is 20.3 Å². The molecule has 0 fully saturated rings. The fourth-order valence-corrected chi connectivity index (χ4v) is 3.40. The fraction of sp³-hybridized carbons (Fsp3) is 0.174. The zero-order valence-corrected chi connectivity index (χ0v) is 18.8. The Morgan fingerprint density at radius 3 is 2.72 bits per heavy atom. The molecule has 2 aromatic carbocycles. The Morgan fingerprint density at radius 1 is 1.22 bits per heavy atom. The largest absolute Gasteiger partial charge is 0.440 e. The number of amides is 1. The minimum atomic E-state index is -0.702. The molecule has 1 atom stereocenters. The van der Waals surface area contributed by atoms with Crippen LogP contribution in [0.3, 0.4) is 0 Å². The van der Waals surface area contributed by atoms with Gasteiger partial charge in [0.2, 0.25) is 0 Å². The molecule has 0 aliphatic carbocycles. The summed E-state index contributed by atoms with van der Waals surface area (Å²) in [6, 6.07) is 14.1. The predicted octanol–water partition coefficient (Wildman–Crippen LogP) is 4.85. The molecule has 1 amide bonds. The molecular weight excluding hydrogens is 428 g/mol. The number of rotatable bonds is 5. The van der Waals surface area contributed by atoms with Gasteiger partial charge in [0.15, 0.2) is 5.65 Å². The number of aromatic amines is 1. The maximum absolute atomic E-state index is 14.8. The van der Waals surface area contributed by atoms with Gasteiger partial charge in [-0.2, -0.15) is 0 Å². The first-order valence-corrected chi connectivity index (χ1v) is 10.5. The second-order valence-electron chi connectivity index (χ2n) is 7.88. The van der Waals surface area contributed by atoms with Crippen LogP contribution in [0.1, 0.15) is 19.4 Å². The number of fused-ring (bicyclic) bond motifs is 1. The molecule has 0 bridgehead atoms. The van der Waals surface area contributed by atoms with E-state index in [1.165, 1.54) is 6.07 Å². The number of H-pyrrole nitrogens is 1.